The molecule has 29 heavy (non-hydrogen) atoms. The SMILES string of the molecule is CC(C)(C)c1ccc(C(=O)c2cccc(NC(=O)Cc3ccccc3F)c2)cc1. The summed E-state index contributed by atoms with van der Waals surface area (Å²) in [4.78, 5) is 25.1. The fraction of sp³-hybridized carbons (Fsp3) is 0.200. The van der Waals surface area contributed by atoms with Crippen LogP contribution in [0.25, 0.3) is 0 Å². The van der Waals surface area contributed by atoms with Crippen molar-refractivity contribution in [1.29, 1.82) is 0 Å². The Morgan fingerprint density at radius 1 is 0.862 bits per heavy atom. The maximum atomic E-state index is 13.7. The summed E-state index contributed by atoms with van der Waals surface area (Å²) >= 11 is 0. The van der Waals surface area contributed by atoms with Crippen molar-refractivity contribution in [1.82, 2.24) is 0 Å². The number of anilines is 1. The molecule has 148 valence electrons. The van der Waals surface area contributed by atoms with Crippen LogP contribution in [0.4, 0.5) is 10.1 Å². The Balaban J connectivity index is 1.72. The summed E-state index contributed by atoms with van der Waals surface area (Å²) in [5.74, 6) is -0.866. The molecule has 1 N–H and O–H groups in total. The maximum Gasteiger partial charge on any atom is 0.228 e. The molecule has 3 aromatic rings. The number of hydrogen-bond donors (Lipinski definition) is 1. The molecule has 0 spiro atoms. The molecule has 1 amide bonds. The van der Waals surface area contributed by atoms with Crippen molar-refractivity contribution in [2.75, 3.05) is 5.32 Å². The lowest BCUT2D eigenvalue weighted by Crippen LogP contribution is -2.15. The van der Waals surface area contributed by atoms with Gasteiger partial charge >= 0.3 is 0 Å². The van der Waals surface area contributed by atoms with Gasteiger partial charge in [-0.15, -0.1) is 0 Å². The van der Waals surface area contributed by atoms with E-state index in [1.165, 1.54) is 6.07 Å². The zero-order valence-corrected chi connectivity index (χ0v) is 16.8. The summed E-state index contributed by atoms with van der Waals surface area (Å²) in [5.41, 5.74) is 3.08. The highest BCUT2D eigenvalue weighted by molar-refractivity contribution is 6.09. The first kappa shape index (κ1) is 20.5. The van der Waals surface area contributed by atoms with E-state index in [1.54, 1.807) is 42.5 Å². The van der Waals surface area contributed by atoms with E-state index in [0.29, 0.717) is 22.4 Å². The van der Waals surface area contributed by atoms with Crippen LogP contribution in [-0.2, 0) is 16.6 Å². The van der Waals surface area contributed by atoms with E-state index in [0.717, 1.165) is 5.56 Å². The molecule has 0 radical (unpaired) electrons. The van der Waals surface area contributed by atoms with E-state index in [9.17, 15) is 14.0 Å². The molecule has 0 atom stereocenters. The second kappa shape index (κ2) is 8.39. The van der Waals surface area contributed by atoms with Crippen molar-refractivity contribution in [3.63, 3.8) is 0 Å². The van der Waals surface area contributed by atoms with Crippen molar-refractivity contribution in [2.24, 2.45) is 0 Å². The maximum absolute atomic E-state index is 13.7. The van der Waals surface area contributed by atoms with Gasteiger partial charge in [0.2, 0.25) is 5.91 Å². The third-order valence-corrected chi connectivity index (χ3v) is 4.73. The minimum absolute atomic E-state index is 0.0179. The number of ketones is 1. The van der Waals surface area contributed by atoms with Crippen LogP contribution in [0.3, 0.4) is 0 Å². The summed E-state index contributed by atoms with van der Waals surface area (Å²) in [5, 5.41) is 2.74. The molecule has 0 heterocycles. The van der Waals surface area contributed by atoms with Crippen LogP contribution in [0, 0.1) is 5.82 Å². The van der Waals surface area contributed by atoms with Crippen molar-refractivity contribution >= 4 is 17.4 Å². The lowest BCUT2D eigenvalue weighted by molar-refractivity contribution is -0.115. The summed E-state index contributed by atoms with van der Waals surface area (Å²) < 4.78 is 13.7. The smallest absolute Gasteiger partial charge is 0.228 e. The average Bonchev–Trinajstić information content (AvgIpc) is 2.69. The number of rotatable bonds is 5. The van der Waals surface area contributed by atoms with Crippen LogP contribution in [-0.4, -0.2) is 11.7 Å². The summed E-state index contributed by atoms with van der Waals surface area (Å²) in [7, 11) is 0. The van der Waals surface area contributed by atoms with Gasteiger partial charge in [0.15, 0.2) is 5.78 Å². The monoisotopic (exact) mass is 389 g/mol. The van der Waals surface area contributed by atoms with Gasteiger partial charge in [0.05, 0.1) is 6.42 Å². The molecule has 0 bridgehead atoms. The van der Waals surface area contributed by atoms with Crippen LogP contribution in [0.15, 0.2) is 72.8 Å². The molecule has 3 nitrogen and oxygen atoms in total. The highest BCUT2D eigenvalue weighted by Gasteiger charge is 2.15. The van der Waals surface area contributed by atoms with Gasteiger partial charge in [0.25, 0.3) is 0 Å². The van der Waals surface area contributed by atoms with Crippen molar-refractivity contribution < 1.29 is 14.0 Å². The molecule has 4 heteroatoms. The summed E-state index contributed by atoms with van der Waals surface area (Å²) in [6.07, 6.45) is -0.0703. The predicted molar refractivity (Wildman–Crippen MR) is 114 cm³/mol. The van der Waals surface area contributed by atoms with Crippen LogP contribution < -0.4 is 5.32 Å². The predicted octanol–water partition coefficient (Wildman–Crippen LogP) is 5.54. The number of carbonyl (C=O) groups is 2. The Labute approximate surface area is 170 Å². The number of halogens is 1. The quantitative estimate of drug-likeness (QED) is 0.583. The Morgan fingerprint density at radius 3 is 2.21 bits per heavy atom. The molecule has 0 aromatic heterocycles. The number of nitrogens with one attached hydrogen (secondary N) is 1. The Bertz CT molecular complexity index is 1030. The Morgan fingerprint density at radius 2 is 1.55 bits per heavy atom. The molecule has 0 aliphatic rings. The number of carbonyl (C=O) groups excluding carboxylic acids is 2. The van der Waals surface area contributed by atoms with E-state index < -0.39 is 5.82 Å². The van der Waals surface area contributed by atoms with E-state index in [2.05, 4.69) is 26.1 Å². The van der Waals surface area contributed by atoms with Gasteiger partial charge in [-0.1, -0.05) is 75.4 Å². The summed E-state index contributed by atoms with van der Waals surface area (Å²) in [6, 6.07) is 20.5. The standard InChI is InChI=1S/C25H24FNO2/c1-25(2,3)20-13-11-17(12-14-20)24(29)19-8-6-9-21(15-19)27-23(28)16-18-7-4-5-10-22(18)26/h4-15H,16H2,1-3H3,(H,27,28). The highest BCUT2D eigenvalue weighted by Crippen LogP contribution is 2.23. The van der Waals surface area contributed by atoms with E-state index in [-0.39, 0.29) is 23.5 Å². The minimum Gasteiger partial charge on any atom is -0.326 e. The lowest BCUT2D eigenvalue weighted by atomic mass is 9.86. The third kappa shape index (κ3) is 5.17. The molecule has 0 aliphatic heterocycles. The molecule has 0 unspecified atom stereocenters. The third-order valence-electron chi connectivity index (χ3n) is 4.73. The zero-order valence-electron chi connectivity index (χ0n) is 16.8. The van der Waals surface area contributed by atoms with Crippen LogP contribution in [0.5, 0.6) is 0 Å². The molecular formula is C25H24FNO2. The van der Waals surface area contributed by atoms with Crippen LogP contribution >= 0.6 is 0 Å². The van der Waals surface area contributed by atoms with Gasteiger partial charge in [-0.2, -0.15) is 0 Å². The molecule has 0 saturated heterocycles. The van der Waals surface area contributed by atoms with Crippen molar-refractivity contribution in [3.8, 4) is 0 Å². The van der Waals surface area contributed by atoms with Gasteiger partial charge in [-0.3, -0.25) is 9.59 Å². The van der Waals surface area contributed by atoms with Gasteiger partial charge in [-0.25, -0.2) is 4.39 Å². The molecule has 3 aromatic carbocycles. The minimum atomic E-state index is -0.412. The number of hydrogen-bond acceptors (Lipinski definition) is 2. The lowest BCUT2D eigenvalue weighted by Gasteiger charge is -2.19. The Kier molecular flexibility index (Phi) is 5.92. The Hall–Kier alpha value is -3.27. The van der Waals surface area contributed by atoms with Gasteiger partial charge in [-0.05, 0) is 34.7 Å². The molecular weight excluding hydrogens is 365 g/mol. The topological polar surface area (TPSA) is 46.2 Å². The molecule has 0 aliphatic carbocycles. The highest BCUT2D eigenvalue weighted by atomic mass is 19.1. The average molecular weight is 389 g/mol. The van der Waals surface area contributed by atoms with Crippen molar-refractivity contribution in [3.05, 3.63) is 101 Å². The van der Waals surface area contributed by atoms with E-state index in [1.807, 2.05) is 24.3 Å². The largest absolute Gasteiger partial charge is 0.326 e. The fourth-order valence-electron chi connectivity index (χ4n) is 3.05. The zero-order chi connectivity index (χ0) is 21.0. The van der Waals surface area contributed by atoms with Gasteiger partial charge < -0.3 is 5.32 Å². The first-order valence-corrected chi connectivity index (χ1v) is 9.52. The first-order chi connectivity index (χ1) is 13.7. The van der Waals surface area contributed by atoms with E-state index in [4.69, 9.17) is 0 Å². The van der Waals surface area contributed by atoms with E-state index >= 15 is 0 Å². The fourth-order valence-corrected chi connectivity index (χ4v) is 3.05. The molecule has 0 fully saturated rings. The second-order valence-corrected chi connectivity index (χ2v) is 8.05. The van der Waals surface area contributed by atoms with Crippen LogP contribution in [0.1, 0.15) is 47.8 Å². The first-order valence-electron chi connectivity index (χ1n) is 9.52. The number of amides is 1. The molecule has 3 rings (SSSR count). The van der Waals surface area contributed by atoms with Gasteiger partial charge in [0, 0.05) is 16.8 Å². The molecule has 0 saturated carbocycles. The van der Waals surface area contributed by atoms with Gasteiger partial charge in [0.1, 0.15) is 5.82 Å². The normalized spacial score (nSPS) is 11.2. The van der Waals surface area contributed by atoms with Crippen molar-refractivity contribution in [2.45, 2.75) is 32.6 Å². The van der Waals surface area contributed by atoms with Crippen LogP contribution in [0.2, 0.25) is 0 Å². The second-order valence-electron chi connectivity index (χ2n) is 8.05. The summed E-state index contributed by atoms with van der Waals surface area (Å²) in [6.45, 7) is 6.37. The number of benzene rings is 3.